The second-order valence-electron chi connectivity index (χ2n) is 5.15. The molecule has 0 aliphatic carbocycles. The lowest BCUT2D eigenvalue weighted by molar-refractivity contribution is 0.435. The quantitative estimate of drug-likeness (QED) is 0.576. The van der Waals surface area contributed by atoms with Crippen LogP contribution in [0.2, 0.25) is 0 Å². The normalized spacial score (nSPS) is 16.0. The standard InChI is InChI=1S/C17H13NO2S/c1-10-6-5-9-12-13(11-7-3-2-4-8-11)15-16(20-14(10)12)18-17(19)21-15/h2-9,13H,1H3,(H,18,19). The summed E-state index contributed by atoms with van der Waals surface area (Å²) in [5, 5.41) is 0. The van der Waals surface area contributed by atoms with Gasteiger partial charge >= 0.3 is 4.87 Å². The Balaban J connectivity index is 2.01. The minimum absolute atomic E-state index is 0.0498. The van der Waals surface area contributed by atoms with Crippen molar-refractivity contribution in [3.05, 3.63) is 79.8 Å². The molecule has 3 aromatic rings. The molecule has 1 aromatic heterocycles. The molecule has 0 saturated heterocycles. The second kappa shape index (κ2) is 4.60. The molecule has 0 saturated carbocycles. The van der Waals surface area contributed by atoms with E-state index in [1.165, 1.54) is 16.9 Å². The molecule has 1 N–H and O–H groups in total. The van der Waals surface area contributed by atoms with Gasteiger partial charge < -0.3 is 4.74 Å². The minimum atomic E-state index is -0.0774. The highest BCUT2D eigenvalue weighted by Gasteiger charge is 2.32. The molecule has 104 valence electrons. The van der Waals surface area contributed by atoms with E-state index in [1.54, 1.807) is 0 Å². The molecule has 1 atom stereocenters. The largest absolute Gasteiger partial charge is 0.439 e. The number of ether oxygens (including phenoxy) is 1. The van der Waals surface area contributed by atoms with Crippen molar-refractivity contribution in [2.75, 3.05) is 0 Å². The van der Waals surface area contributed by atoms with Gasteiger partial charge in [0.05, 0.1) is 10.8 Å². The van der Waals surface area contributed by atoms with Crippen LogP contribution in [0.5, 0.6) is 11.6 Å². The average Bonchev–Trinajstić information content (AvgIpc) is 2.86. The van der Waals surface area contributed by atoms with Gasteiger partial charge in [-0.15, -0.1) is 0 Å². The zero-order chi connectivity index (χ0) is 14.4. The third-order valence-corrected chi connectivity index (χ3v) is 4.72. The molecular formula is C17H13NO2S. The highest BCUT2D eigenvalue weighted by Crippen LogP contribution is 2.48. The van der Waals surface area contributed by atoms with Gasteiger partial charge in [0.25, 0.3) is 0 Å². The summed E-state index contributed by atoms with van der Waals surface area (Å²) in [6.07, 6.45) is 0. The SMILES string of the molecule is Cc1cccc2c1Oc1[nH]c(=O)sc1C2c1ccccc1. The molecule has 1 aliphatic rings. The van der Waals surface area contributed by atoms with Gasteiger partial charge in [0, 0.05) is 5.56 Å². The lowest BCUT2D eigenvalue weighted by atomic mass is 9.87. The lowest BCUT2D eigenvalue weighted by Crippen LogP contribution is -2.10. The van der Waals surface area contributed by atoms with Crippen LogP contribution in [0, 0.1) is 6.92 Å². The highest BCUT2D eigenvalue weighted by atomic mass is 32.1. The topological polar surface area (TPSA) is 42.1 Å². The maximum absolute atomic E-state index is 11.8. The summed E-state index contributed by atoms with van der Waals surface area (Å²) in [6, 6.07) is 16.4. The molecule has 21 heavy (non-hydrogen) atoms. The summed E-state index contributed by atoms with van der Waals surface area (Å²) < 4.78 is 5.94. The van der Waals surface area contributed by atoms with Crippen molar-refractivity contribution in [1.82, 2.24) is 4.98 Å². The van der Waals surface area contributed by atoms with Crippen LogP contribution < -0.4 is 9.61 Å². The van der Waals surface area contributed by atoms with Crippen LogP contribution in [0.3, 0.4) is 0 Å². The van der Waals surface area contributed by atoms with E-state index in [0.29, 0.717) is 5.88 Å². The Bertz CT molecular complexity index is 864. The number of H-pyrrole nitrogens is 1. The number of para-hydroxylation sites is 1. The van der Waals surface area contributed by atoms with Gasteiger partial charge in [-0.3, -0.25) is 9.78 Å². The molecule has 1 aliphatic heterocycles. The van der Waals surface area contributed by atoms with Crippen LogP contribution in [0.15, 0.2) is 53.3 Å². The summed E-state index contributed by atoms with van der Waals surface area (Å²) in [5.74, 6) is 1.49. The summed E-state index contributed by atoms with van der Waals surface area (Å²) in [5.41, 5.74) is 3.36. The molecule has 4 rings (SSSR count). The minimum Gasteiger partial charge on any atom is -0.439 e. The highest BCUT2D eigenvalue weighted by molar-refractivity contribution is 7.09. The van der Waals surface area contributed by atoms with Crippen molar-refractivity contribution >= 4 is 11.3 Å². The first-order valence-corrected chi connectivity index (χ1v) is 7.61. The van der Waals surface area contributed by atoms with Crippen molar-refractivity contribution in [1.29, 1.82) is 0 Å². The second-order valence-corrected chi connectivity index (χ2v) is 6.16. The molecule has 0 spiro atoms. The number of aromatic amines is 1. The van der Waals surface area contributed by atoms with Gasteiger partial charge in [0.15, 0.2) is 0 Å². The van der Waals surface area contributed by atoms with Crippen molar-refractivity contribution in [3.8, 4) is 11.6 Å². The number of aryl methyl sites for hydroxylation is 1. The van der Waals surface area contributed by atoms with E-state index in [0.717, 1.165) is 21.8 Å². The summed E-state index contributed by atoms with van der Waals surface area (Å²) in [6.45, 7) is 2.02. The van der Waals surface area contributed by atoms with E-state index >= 15 is 0 Å². The van der Waals surface area contributed by atoms with Gasteiger partial charge in [-0.2, -0.15) is 0 Å². The Morgan fingerprint density at radius 3 is 2.71 bits per heavy atom. The fraction of sp³-hybridized carbons (Fsp3) is 0.118. The molecule has 3 nitrogen and oxygen atoms in total. The molecule has 1 unspecified atom stereocenters. The molecule has 0 fully saturated rings. The van der Waals surface area contributed by atoms with E-state index in [1.807, 2.05) is 37.3 Å². The van der Waals surface area contributed by atoms with Crippen LogP contribution in [0.4, 0.5) is 0 Å². The molecule has 2 aromatic carbocycles. The number of fused-ring (bicyclic) bond motifs is 2. The number of hydrogen-bond donors (Lipinski definition) is 1. The van der Waals surface area contributed by atoms with E-state index in [-0.39, 0.29) is 10.8 Å². The Labute approximate surface area is 125 Å². The maximum atomic E-state index is 11.8. The van der Waals surface area contributed by atoms with Crippen molar-refractivity contribution < 1.29 is 4.74 Å². The zero-order valence-electron chi connectivity index (χ0n) is 11.4. The zero-order valence-corrected chi connectivity index (χ0v) is 12.2. The predicted octanol–water partition coefficient (Wildman–Crippen LogP) is 4.03. The van der Waals surface area contributed by atoms with Crippen molar-refractivity contribution in [3.63, 3.8) is 0 Å². The summed E-state index contributed by atoms with van der Waals surface area (Å²) >= 11 is 1.23. The predicted molar refractivity (Wildman–Crippen MR) is 83.6 cm³/mol. The number of thiazole rings is 1. The number of nitrogens with one attached hydrogen (secondary N) is 1. The molecule has 0 amide bonds. The Kier molecular flexibility index (Phi) is 2.72. The van der Waals surface area contributed by atoms with Gasteiger partial charge in [0.1, 0.15) is 5.75 Å². The van der Waals surface area contributed by atoms with E-state index in [9.17, 15) is 4.79 Å². The monoisotopic (exact) mass is 295 g/mol. The van der Waals surface area contributed by atoms with E-state index < -0.39 is 0 Å². The molecule has 0 radical (unpaired) electrons. The fourth-order valence-corrected chi connectivity index (χ4v) is 3.76. The van der Waals surface area contributed by atoms with Crippen molar-refractivity contribution in [2.24, 2.45) is 0 Å². The first kappa shape index (κ1) is 12.4. The van der Waals surface area contributed by atoms with E-state index in [4.69, 9.17) is 4.74 Å². The van der Waals surface area contributed by atoms with Crippen molar-refractivity contribution in [2.45, 2.75) is 12.8 Å². The first-order chi connectivity index (χ1) is 10.2. The van der Waals surface area contributed by atoms with Gasteiger partial charge in [-0.05, 0) is 18.1 Å². The summed E-state index contributed by atoms with van der Waals surface area (Å²) in [7, 11) is 0. The number of hydrogen-bond acceptors (Lipinski definition) is 3. The average molecular weight is 295 g/mol. The Hall–Kier alpha value is -2.33. The number of benzene rings is 2. The third-order valence-electron chi connectivity index (χ3n) is 3.79. The van der Waals surface area contributed by atoms with Gasteiger partial charge in [-0.1, -0.05) is 59.9 Å². The third kappa shape index (κ3) is 1.91. The van der Waals surface area contributed by atoms with Gasteiger partial charge in [0.2, 0.25) is 5.88 Å². The lowest BCUT2D eigenvalue weighted by Gasteiger charge is -2.26. The first-order valence-electron chi connectivity index (χ1n) is 6.79. The molecular weight excluding hydrogens is 282 g/mol. The maximum Gasteiger partial charge on any atom is 0.307 e. The number of rotatable bonds is 1. The van der Waals surface area contributed by atoms with Gasteiger partial charge in [-0.25, -0.2) is 0 Å². The van der Waals surface area contributed by atoms with Crippen LogP contribution in [0.25, 0.3) is 0 Å². The van der Waals surface area contributed by atoms with Crippen LogP contribution in [-0.2, 0) is 0 Å². The van der Waals surface area contributed by atoms with Crippen LogP contribution in [-0.4, -0.2) is 4.98 Å². The molecule has 2 heterocycles. The molecule has 4 heteroatoms. The summed E-state index contributed by atoms with van der Waals surface area (Å²) in [4.78, 5) is 15.4. The van der Waals surface area contributed by atoms with Crippen LogP contribution in [0.1, 0.15) is 27.5 Å². The number of aromatic nitrogens is 1. The Morgan fingerprint density at radius 2 is 1.90 bits per heavy atom. The van der Waals surface area contributed by atoms with E-state index in [2.05, 4.69) is 23.2 Å². The fourth-order valence-electron chi connectivity index (χ4n) is 2.85. The smallest absolute Gasteiger partial charge is 0.307 e. The van der Waals surface area contributed by atoms with Crippen LogP contribution >= 0.6 is 11.3 Å². The molecule has 0 bridgehead atoms. The Morgan fingerprint density at radius 1 is 1.10 bits per heavy atom.